The van der Waals surface area contributed by atoms with Crippen LogP contribution in [0.3, 0.4) is 0 Å². The van der Waals surface area contributed by atoms with Crippen LogP contribution in [0.1, 0.15) is 90.9 Å². The lowest BCUT2D eigenvalue weighted by Gasteiger charge is -2.15. The molecule has 0 radical (unpaired) electrons. The molecule has 1 unspecified atom stereocenters. The minimum Gasteiger partial charge on any atom is -0.462 e. The standard InChI is InChI=1S/C25H42O5/c1-3-5-7-8-9-10-11-12-13-14-15-16-18-20-25(28)30-23(21-26)22-29-24(27)19-17-6-4-2/h5,7,9-10,12-13,23,26H,3-4,6,8,11,14-22H2,1-2H3/b7-5-,10-9-,13-12-. The van der Waals surface area contributed by atoms with E-state index in [1.165, 1.54) is 0 Å². The van der Waals surface area contributed by atoms with Crippen molar-refractivity contribution >= 4 is 11.9 Å². The van der Waals surface area contributed by atoms with Gasteiger partial charge < -0.3 is 14.6 Å². The van der Waals surface area contributed by atoms with Crippen molar-refractivity contribution in [3.8, 4) is 0 Å². The Kier molecular flexibility index (Phi) is 20.5. The summed E-state index contributed by atoms with van der Waals surface area (Å²) in [5.41, 5.74) is 0. The van der Waals surface area contributed by atoms with Gasteiger partial charge in [-0.1, -0.05) is 69.6 Å². The fraction of sp³-hybridized carbons (Fsp3) is 0.680. The highest BCUT2D eigenvalue weighted by molar-refractivity contribution is 5.70. The van der Waals surface area contributed by atoms with Gasteiger partial charge in [-0.15, -0.1) is 0 Å². The lowest BCUT2D eigenvalue weighted by Crippen LogP contribution is -2.28. The van der Waals surface area contributed by atoms with Gasteiger partial charge in [0.15, 0.2) is 6.10 Å². The molecule has 0 bridgehead atoms. The molecule has 0 aromatic heterocycles. The van der Waals surface area contributed by atoms with E-state index in [4.69, 9.17) is 9.47 Å². The number of aliphatic hydroxyl groups excluding tert-OH is 1. The molecule has 1 atom stereocenters. The molecule has 0 aromatic rings. The maximum Gasteiger partial charge on any atom is 0.306 e. The molecule has 0 saturated carbocycles. The van der Waals surface area contributed by atoms with Crippen LogP contribution < -0.4 is 0 Å². The predicted molar refractivity (Wildman–Crippen MR) is 122 cm³/mol. The lowest BCUT2D eigenvalue weighted by molar-refractivity contribution is -0.161. The zero-order valence-electron chi connectivity index (χ0n) is 19.0. The molecule has 30 heavy (non-hydrogen) atoms. The number of ether oxygens (including phenoxy) is 2. The second kappa shape index (κ2) is 21.8. The summed E-state index contributed by atoms with van der Waals surface area (Å²) >= 11 is 0. The van der Waals surface area contributed by atoms with E-state index in [1.807, 2.05) is 0 Å². The molecular weight excluding hydrogens is 380 g/mol. The van der Waals surface area contributed by atoms with Gasteiger partial charge in [-0.2, -0.15) is 0 Å². The van der Waals surface area contributed by atoms with E-state index in [0.717, 1.165) is 64.2 Å². The number of carbonyl (C=O) groups excluding carboxylic acids is 2. The van der Waals surface area contributed by atoms with Gasteiger partial charge in [-0.25, -0.2) is 0 Å². The van der Waals surface area contributed by atoms with Crippen molar-refractivity contribution in [1.82, 2.24) is 0 Å². The second-order valence-electron chi connectivity index (χ2n) is 7.33. The second-order valence-corrected chi connectivity index (χ2v) is 7.33. The number of allylic oxidation sites excluding steroid dienone is 6. The Morgan fingerprint density at radius 2 is 1.43 bits per heavy atom. The van der Waals surface area contributed by atoms with Crippen LogP contribution in [0.15, 0.2) is 36.5 Å². The van der Waals surface area contributed by atoms with Gasteiger partial charge in [0.05, 0.1) is 6.61 Å². The Balaban J connectivity index is 3.71. The molecule has 0 heterocycles. The Labute approximate surface area is 183 Å². The molecule has 0 aliphatic heterocycles. The largest absolute Gasteiger partial charge is 0.462 e. The van der Waals surface area contributed by atoms with E-state index < -0.39 is 6.10 Å². The van der Waals surface area contributed by atoms with E-state index in [2.05, 4.69) is 50.3 Å². The van der Waals surface area contributed by atoms with Gasteiger partial charge in [0, 0.05) is 12.8 Å². The monoisotopic (exact) mass is 422 g/mol. The third-order valence-corrected chi connectivity index (χ3v) is 4.45. The Morgan fingerprint density at radius 1 is 0.800 bits per heavy atom. The number of hydrogen-bond donors (Lipinski definition) is 1. The molecule has 5 heteroatoms. The number of aliphatic hydroxyl groups is 1. The van der Waals surface area contributed by atoms with Gasteiger partial charge >= 0.3 is 11.9 Å². The molecule has 0 aromatic carbocycles. The minimum absolute atomic E-state index is 0.0820. The van der Waals surface area contributed by atoms with Crippen LogP contribution in [-0.4, -0.2) is 36.4 Å². The number of esters is 2. The van der Waals surface area contributed by atoms with E-state index in [0.29, 0.717) is 12.8 Å². The van der Waals surface area contributed by atoms with Crippen LogP contribution in [0.2, 0.25) is 0 Å². The third kappa shape index (κ3) is 19.4. The smallest absolute Gasteiger partial charge is 0.306 e. The van der Waals surface area contributed by atoms with Gasteiger partial charge in [0.25, 0.3) is 0 Å². The van der Waals surface area contributed by atoms with Crippen molar-refractivity contribution in [2.75, 3.05) is 13.2 Å². The van der Waals surface area contributed by atoms with E-state index in [9.17, 15) is 14.7 Å². The zero-order valence-corrected chi connectivity index (χ0v) is 19.0. The summed E-state index contributed by atoms with van der Waals surface area (Å²) in [7, 11) is 0. The summed E-state index contributed by atoms with van der Waals surface area (Å²) in [6.45, 7) is 3.77. The van der Waals surface area contributed by atoms with Crippen molar-refractivity contribution < 1.29 is 24.2 Å². The summed E-state index contributed by atoms with van der Waals surface area (Å²) < 4.78 is 10.3. The Hall–Kier alpha value is -1.88. The first-order chi connectivity index (χ1) is 14.6. The normalized spacial score (nSPS) is 12.8. The molecule has 0 spiro atoms. The van der Waals surface area contributed by atoms with E-state index >= 15 is 0 Å². The number of unbranched alkanes of at least 4 members (excludes halogenated alkanes) is 5. The maximum atomic E-state index is 11.9. The average Bonchev–Trinajstić information content (AvgIpc) is 2.74. The van der Waals surface area contributed by atoms with Crippen LogP contribution in [0.25, 0.3) is 0 Å². The Bertz CT molecular complexity index is 508. The quantitative estimate of drug-likeness (QED) is 0.161. The van der Waals surface area contributed by atoms with Crippen molar-refractivity contribution in [3.05, 3.63) is 36.5 Å². The average molecular weight is 423 g/mol. The maximum absolute atomic E-state index is 11.9. The van der Waals surface area contributed by atoms with E-state index in [1.54, 1.807) is 0 Å². The lowest BCUT2D eigenvalue weighted by atomic mass is 10.1. The summed E-state index contributed by atoms with van der Waals surface area (Å²) in [6.07, 6.45) is 22.5. The van der Waals surface area contributed by atoms with Crippen LogP contribution >= 0.6 is 0 Å². The first-order valence-corrected chi connectivity index (χ1v) is 11.5. The molecule has 0 fully saturated rings. The summed E-state index contributed by atoms with van der Waals surface area (Å²) in [6, 6.07) is 0. The summed E-state index contributed by atoms with van der Waals surface area (Å²) in [5.74, 6) is -0.663. The Morgan fingerprint density at radius 3 is 2.10 bits per heavy atom. The van der Waals surface area contributed by atoms with Crippen LogP contribution in [-0.2, 0) is 19.1 Å². The van der Waals surface area contributed by atoms with Gasteiger partial charge in [0.1, 0.15) is 6.61 Å². The number of carbonyl (C=O) groups is 2. The molecule has 5 nitrogen and oxygen atoms in total. The molecule has 0 aliphatic carbocycles. The van der Waals surface area contributed by atoms with Crippen molar-refractivity contribution in [3.63, 3.8) is 0 Å². The van der Waals surface area contributed by atoms with Crippen molar-refractivity contribution in [2.45, 2.75) is 97.0 Å². The highest BCUT2D eigenvalue weighted by Crippen LogP contribution is 2.07. The molecule has 0 saturated heterocycles. The van der Waals surface area contributed by atoms with Crippen LogP contribution in [0.5, 0.6) is 0 Å². The first-order valence-electron chi connectivity index (χ1n) is 11.5. The van der Waals surface area contributed by atoms with Crippen molar-refractivity contribution in [1.29, 1.82) is 0 Å². The SMILES string of the molecule is CC/C=C\C/C=C\C/C=C\CCCCCC(=O)OC(CO)COC(=O)CCCCC. The fourth-order valence-electron chi connectivity index (χ4n) is 2.68. The van der Waals surface area contributed by atoms with Crippen molar-refractivity contribution in [2.24, 2.45) is 0 Å². The summed E-state index contributed by atoms with van der Waals surface area (Å²) in [4.78, 5) is 23.4. The molecule has 1 N–H and O–H groups in total. The highest BCUT2D eigenvalue weighted by Gasteiger charge is 2.15. The topological polar surface area (TPSA) is 72.8 Å². The predicted octanol–water partition coefficient (Wildman–Crippen LogP) is 5.82. The molecule has 172 valence electrons. The first kappa shape index (κ1) is 28.1. The minimum atomic E-state index is -0.777. The number of hydrogen-bond acceptors (Lipinski definition) is 5. The zero-order chi connectivity index (χ0) is 22.3. The van der Waals surface area contributed by atoms with Gasteiger partial charge in [0.2, 0.25) is 0 Å². The third-order valence-electron chi connectivity index (χ3n) is 4.45. The molecule has 0 aliphatic rings. The van der Waals surface area contributed by atoms with E-state index in [-0.39, 0.29) is 25.2 Å². The number of rotatable bonds is 19. The fourth-order valence-corrected chi connectivity index (χ4v) is 2.68. The summed E-state index contributed by atoms with van der Waals surface area (Å²) in [5, 5.41) is 9.30. The van der Waals surface area contributed by atoms with Crippen LogP contribution in [0.4, 0.5) is 0 Å². The van der Waals surface area contributed by atoms with Gasteiger partial charge in [-0.05, 0) is 44.9 Å². The highest BCUT2D eigenvalue weighted by atomic mass is 16.6. The molecular formula is C25H42O5. The molecule has 0 amide bonds. The van der Waals surface area contributed by atoms with Crippen LogP contribution in [0, 0.1) is 0 Å². The van der Waals surface area contributed by atoms with Gasteiger partial charge in [-0.3, -0.25) is 9.59 Å². The molecule has 0 rings (SSSR count).